The zero-order valence-corrected chi connectivity index (χ0v) is 16.4. The van der Waals surface area contributed by atoms with Gasteiger partial charge in [-0.25, -0.2) is 9.07 Å². The van der Waals surface area contributed by atoms with Crippen LogP contribution in [0.2, 0.25) is 0 Å². The van der Waals surface area contributed by atoms with Gasteiger partial charge < -0.3 is 10.1 Å². The van der Waals surface area contributed by atoms with Crippen LogP contribution >= 0.6 is 0 Å². The van der Waals surface area contributed by atoms with Crippen LogP contribution in [0.3, 0.4) is 0 Å². The highest BCUT2D eigenvalue weighted by atomic mass is 19.1. The summed E-state index contributed by atoms with van der Waals surface area (Å²) in [5.41, 5.74) is 4.49. The number of para-hydroxylation sites is 1. The molecule has 0 spiro atoms. The van der Waals surface area contributed by atoms with Crippen molar-refractivity contribution in [2.24, 2.45) is 0 Å². The highest BCUT2D eigenvalue weighted by Crippen LogP contribution is 2.27. The van der Waals surface area contributed by atoms with Gasteiger partial charge in [0, 0.05) is 23.8 Å². The third-order valence-electron chi connectivity index (χ3n) is 5.04. The predicted molar refractivity (Wildman–Crippen MR) is 110 cm³/mol. The number of carbonyl (C=O) groups is 1. The van der Waals surface area contributed by atoms with Gasteiger partial charge in [0.2, 0.25) is 5.91 Å². The van der Waals surface area contributed by atoms with Crippen molar-refractivity contribution < 1.29 is 13.9 Å². The number of rotatable bonds is 5. The molecule has 1 N–H and O–H groups in total. The SMILES string of the molecule is Cc1nn(-c2ccc(F)cc2)c(C)c1/C=C/C(=O)NCC1Cc2ccccc2O1. The van der Waals surface area contributed by atoms with Gasteiger partial charge in [-0.15, -0.1) is 0 Å². The third kappa shape index (κ3) is 4.06. The topological polar surface area (TPSA) is 56.2 Å². The number of halogens is 1. The first-order chi connectivity index (χ1) is 14.0. The summed E-state index contributed by atoms with van der Waals surface area (Å²) in [6, 6.07) is 14.1. The molecule has 3 aromatic rings. The minimum atomic E-state index is -0.290. The third-order valence-corrected chi connectivity index (χ3v) is 5.04. The Morgan fingerprint density at radius 2 is 2.00 bits per heavy atom. The van der Waals surface area contributed by atoms with E-state index in [1.807, 2.05) is 38.1 Å². The maximum absolute atomic E-state index is 13.2. The van der Waals surface area contributed by atoms with Gasteiger partial charge in [-0.3, -0.25) is 4.79 Å². The van der Waals surface area contributed by atoms with Crippen LogP contribution in [0.4, 0.5) is 4.39 Å². The van der Waals surface area contributed by atoms with Gasteiger partial charge in [0.25, 0.3) is 0 Å². The average molecular weight is 391 g/mol. The second-order valence-corrected chi connectivity index (χ2v) is 7.10. The number of hydrogen-bond acceptors (Lipinski definition) is 3. The molecule has 0 aliphatic carbocycles. The van der Waals surface area contributed by atoms with Crippen molar-refractivity contribution in [1.82, 2.24) is 15.1 Å². The molecule has 1 aromatic heterocycles. The van der Waals surface area contributed by atoms with Crippen LogP contribution in [0.15, 0.2) is 54.6 Å². The van der Waals surface area contributed by atoms with Gasteiger partial charge in [0.05, 0.1) is 17.9 Å². The van der Waals surface area contributed by atoms with Crippen LogP contribution in [0.5, 0.6) is 5.75 Å². The van der Waals surface area contributed by atoms with E-state index >= 15 is 0 Å². The summed E-state index contributed by atoms with van der Waals surface area (Å²) in [6.07, 6.45) is 4.02. The number of aryl methyl sites for hydroxylation is 1. The molecular formula is C23H22FN3O2. The quantitative estimate of drug-likeness (QED) is 0.674. The van der Waals surface area contributed by atoms with Crippen LogP contribution in [0.1, 0.15) is 22.5 Å². The molecular weight excluding hydrogens is 369 g/mol. The molecule has 0 radical (unpaired) electrons. The Balaban J connectivity index is 1.39. The van der Waals surface area contributed by atoms with Gasteiger partial charge in [0.1, 0.15) is 17.7 Å². The van der Waals surface area contributed by atoms with E-state index < -0.39 is 0 Å². The lowest BCUT2D eigenvalue weighted by atomic mass is 10.1. The Bertz CT molecular complexity index is 1050. The molecule has 148 valence electrons. The Kier molecular flexibility index (Phi) is 5.16. The lowest BCUT2D eigenvalue weighted by Crippen LogP contribution is -2.33. The maximum Gasteiger partial charge on any atom is 0.244 e. The number of benzene rings is 2. The van der Waals surface area contributed by atoms with Gasteiger partial charge >= 0.3 is 0 Å². The number of nitrogens with one attached hydrogen (secondary N) is 1. The second-order valence-electron chi connectivity index (χ2n) is 7.10. The molecule has 5 nitrogen and oxygen atoms in total. The first-order valence-electron chi connectivity index (χ1n) is 9.54. The highest BCUT2D eigenvalue weighted by Gasteiger charge is 2.22. The van der Waals surface area contributed by atoms with E-state index in [1.165, 1.54) is 23.8 Å². The van der Waals surface area contributed by atoms with Crippen molar-refractivity contribution in [2.75, 3.05) is 6.54 Å². The van der Waals surface area contributed by atoms with Gasteiger partial charge in [0.15, 0.2) is 0 Å². The number of hydrogen-bond donors (Lipinski definition) is 1. The van der Waals surface area contributed by atoms with Gasteiger partial charge in [-0.05, 0) is 55.8 Å². The van der Waals surface area contributed by atoms with Crippen LogP contribution in [0, 0.1) is 19.7 Å². The van der Waals surface area contributed by atoms with Crippen molar-refractivity contribution in [1.29, 1.82) is 0 Å². The summed E-state index contributed by atoms with van der Waals surface area (Å²) in [7, 11) is 0. The molecule has 1 atom stereocenters. The van der Waals surface area contributed by atoms with E-state index in [-0.39, 0.29) is 17.8 Å². The highest BCUT2D eigenvalue weighted by molar-refractivity contribution is 5.92. The maximum atomic E-state index is 13.2. The smallest absolute Gasteiger partial charge is 0.244 e. The molecule has 1 aliphatic rings. The lowest BCUT2D eigenvalue weighted by Gasteiger charge is -2.10. The second kappa shape index (κ2) is 7.91. The normalized spacial score (nSPS) is 15.3. The fraction of sp³-hybridized carbons (Fsp3) is 0.217. The molecule has 29 heavy (non-hydrogen) atoms. The van der Waals surface area contributed by atoms with E-state index in [4.69, 9.17) is 4.74 Å². The van der Waals surface area contributed by atoms with Crippen molar-refractivity contribution in [3.05, 3.63) is 82.9 Å². The number of aromatic nitrogens is 2. The number of ether oxygens (including phenoxy) is 1. The number of fused-ring (bicyclic) bond motifs is 1. The Hall–Kier alpha value is -3.41. The summed E-state index contributed by atoms with van der Waals surface area (Å²) >= 11 is 0. The summed E-state index contributed by atoms with van der Waals surface area (Å²) in [5.74, 6) is 0.418. The molecule has 1 aliphatic heterocycles. The molecule has 1 unspecified atom stereocenters. The minimum Gasteiger partial charge on any atom is -0.488 e. The molecule has 2 heterocycles. The van der Waals surface area contributed by atoms with Crippen molar-refractivity contribution >= 4 is 12.0 Å². The molecule has 2 aromatic carbocycles. The van der Waals surface area contributed by atoms with Crippen molar-refractivity contribution in [2.45, 2.75) is 26.4 Å². The Morgan fingerprint density at radius 1 is 1.24 bits per heavy atom. The van der Waals surface area contributed by atoms with E-state index in [0.717, 1.165) is 34.8 Å². The zero-order chi connectivity index (χ0) is 20.4. The molecule has 6 heteroatoms. The Morgan fingerprint density at radius 3 is 2.76 bits per heavy atom. The number of carbonyl (C=O) groups excluding carboxylic acids is 1. The Labute approximate surface area is 168 Å². The van der Waals surface area contributed by atoms with Crippen LogP contribution in [0.25, 0.3) is 11.8 Å². The lowest BCUT2D eigenvalue weighted by molar-refractivity contribution is -0.116. The van der Waals surface area contributed by atoms with Crippen LogP contribution in [-0.4, -0.2) is 28.3 Å². The first kappa shape index (κ1) is 18.9. The molecule has 0 bridgehead atoms. The average Bonchev–Trinajstić information content (AvgIpc) is 3.26. The van der Waals surface area contributed by atoms with E-state index in [1.54, 1.807) is 22.9 Å². The first-order valence-corrected chi connectivity index (χ1v) is 9.54. The van der Waals surface area contributed by atoms with E-state index in [2.05, 4.69) is 10.4 Å². The number of nitrogens with zero attached hydrogens (tertiary/aromatic N) is 2. The molecule has 1 amide bonds. The van der Waals surface area contributed by atoms with Crippen molar-refractivity contribution in [3.63, 3.8) is 0 Å². The fourth-order valence-electron chi connectivity index (χ4n) is 3.53. The molecule has 4 rings (SSSR count). The fourth-order valence-corrected chi connectivity index (χ4v) is 3.53. The standard InChI is InChI=1S/C23H22FN3O2/c1-15-21(16(2)27(26-15)19-9-7-18(24)8-10-19)11-12-23(28)25-14-20-13-17-5-3-4-6-22(17)29-20/h3-12,20H,13-14H2,1-2H3,(H,25,28)/b12-11+. The van der Waals surface area contributed by atoms with Crippen molar-refractivity contribution in [3.8, 4) is 11.4 Å². The largest absolute Gasteiger partial charge is 0.488 e. The zero-order valence-electron chi connectivity index (χ0n) is 16.4. The van der Waals surface area contributed by atoms with Crippen LogP contribution in [-0.2, 0) is 11.2 Å². The summed E-state index contributed by atoms with van der Waals surface area (Å²) < 4.78 is 20.8. The molecule has 0 saturated heterocycles. The summed E-state index contributed by atoms with van der Waals surface area (Å²) in [6.45, 7) is 4.25. The molecule has 0 fully saturated rings. The van der Waals surface area contributed by atoms with E-state index in [9.17, 15) is 9.18 Å². The minimum absolute atomic E-state index is 0.0468. The van der Waals surface area contributed by atoms with E-state index in [0.29, 0.717) is 6.54 Å². The monoisotopic (exact) mass is 391 g/mol. The summed E-state index contributed by atoms with van der Waals surface area (Å²) in [5, 5.41) is 7.40. The predicted octanol–water partition coefficient (Wildman–Crippen LogP) is 3.76. The van der Waals surface area contributed by atoms with Gasteiger partial charge in [-0.1, -0.05) is 18.2 Å². The van der Waals surface area contributed by atoms with Crippen LogP contribution < -0.4 is 10.1 Å². The number of amides is 1. The molecule has 0 saturated carbocycles. The summed E-state index contributed by atoms with van der Waals surface area (Å²) in [4.78, 5) is 12.3. The van der Waals surface area contributed by atoms with Gasteiger partial charge in [-0.2, -0.15) is 5.10 Å².